The van der Waals surface area contributed by atoms with Gasteiger partial charge in [-0.1, -0.05) is 115 Å². The summed E-state index contributed by atoms with van der Waals surface area (Å²) in [7, 11) is 0. The number of hydrogen-bond donors (Lipinski definition) is 0. The maximum absolute atomic E-state index is 5.01. The van der Waals surface area contributed by atoms with Gasteiger partial charge in [0, 0.05) is 47.0 Å². The Labute approximate surface area is 350 Å². The maximum atomic E-state index is 5.01. The Bertz CT molecular complexity index is 2900. The van der Waals surface area contributed by atoms with Crippen LogP contribution in [0.3, 0.4) is 0 Å². The first kappa shape index (κ1) is 36.3. The minimum Gasteiger partial charge on any atom is -0.265 e. The van der Waals surface area contributed by atoms with E-state index in [0.717, 1.165) is 89.5 Å². The third kappa shape index (κ3) is 7.78. The molecular formula is C56H38N4. The highest BCUT2D eigenvalue weighted by molar-refractivity contribution is 5.85. The molecule has 4 heterocycles. The van der Waals surface area contributed by atoms with Crippen LogP contribution in [-0.2, 0) is 0 Å². The smallest absolute Gasteiger partial charge is 0.0710 e. The van der Waals surface area contributed by atoms with E-state index in [9.17, 15) is 0 Å². The summed E-state index contributed by atoms with van der Waals surface area (Å²) in [5.74, 6) is 0. The minimum atomic E-state index is 0.927. The Kier molecular flexibility index (Phi) is 9.92. The Morgan fingerprint density at radius 1 is 0.183 bits per heavy atom. The van der Waals surface area contributed by atoms with Gasteiger partial charge >= 0.3 is 0 Å². The lowest BCUT2D eigenvalue weighted by Crippen LogP contribution is -1.90. The molecule has 0 unspecified atom stereocenters. The first-order valence-electron chi connectivity index (χ1n) is 20.1. The second-order valence-corrected chi connectivity index (χ2v) is 14.8. The SMILES string of the molecule is c1ccc(-c2cc(-c3cccc(-c4cccc(-c5cccc(-c6ccncc6)n5)c4)c3)cc(-c3cccc(-c4cccc(-c5cccc(-c6ccncc6)n5)c4)c3)c2)cc1. The fourth-order valence-corrected chi connectivity index (χ4v) is 7.79. The van der Waals surface area contributed by atoms with Crippen molar-refractivity contribution in [2.75, 3.05) is 0 Å². The zero-order chi connectivity index (χ0) is 40.1. The first-order chi connectivity index (χ1) is 29.7. The Morgan fingerprint density at radius 3 is 0.850 bits per heavy atom. The summed E-state index contributed by atoms with van der Waals surface area (Å²) in [6.45, 7) is 0. The summed E-state index contributed by atoms with van der Waals surface area (Å²) in [5.41, 5.74) is 19.5. The number of nitrogens with zero attached hydrogens (tertiary/aromatic N) is 4. The minimum absolute atomic E-state index is 0.927. The molecule has 0 bridgehead atoms. The van der Waals surface area contributed by atoms with Gasteiger partial charge in [0.05, 0.1) is 22.8 Å². The molecule has 60 heavy (non-hydrogen) atoms. The molecule has 282 valence electrons. The summed E-state index contributed by atoms with van der Waals surface area (Å²) >= 11 is 0. The van der Waals surface area contributed by atoms with E-state index in [2.05, 4.69) is 180 Å². The van der Waals surface area contributed by atoms with Crippen LogP contribution >= 0.6 is 0 Å². The van der Waals surface area contributed by atoms with Gasteiger partial charge < -0.3 is 0 Å². The lowest BCUT2D eigenvalue weighted by molar-refractivity contribution is 1.29. The van der Waals surface area contributed by atoms with Gasteiger partial charge in [0.2, 0.25) is 0 Å². The van der Waals surface area contributed by atoms with E-state index in [-0.39, 0.29) is 0 Å². The van der Waals surface area contributed by atoms with Crippen molar-refractivity contribution in [1.82, 2.24) is 19.9 Å². The highest BCUT2D eigenvalue weighted by atomic mass is 14.7. The summed E-state index contributed by atoms with van der Waals surface area (Å²) in [6.07, 6.45) is 7.21. The van der Waals surface area contributed by atoms with Gasteiger partial charge in [-0.3, -0.25) is 9.97 Å². The Balaban J connectivity index is 0.997. The highest BCUT2D eigenvalue weighted by Gasteiger charge is 2.12. The van der Waals surface area contributed by atoms with Gasteiger partial charge in [-0.25, -0.2) is 9.97 Å². The molecule has 4 nitrogen and oxygen atoms in total. The van der Waals surface area contributed by atoms with Crippen LogP contribution in [0.25, 0.3) is 101 Å². The summed E-state index contributed by atoms with van der Waals surface area (Å²) in [5, 5.41) is 0. The van der Waals surface area contributed by atoms with E-state index >= 15 is 0 Å². The fraction of sp³-hybridized carbons (Fsp3) is 0. The number of benzene rings is 6. The average molecular weight is 767 g/mol. The number of rotatable bonds is 9. The molecule has 10 rings (SSSR count). The van der Waals surface area contributed by atoms with Crippen LogP contribution in [0.4, 0.5) is 0 Å². The standard InChI is InChI=1S/C56H38N4/c1-2-10-39(11-3-1)50-36-51(46-16-4-12-42(32-46)44-14-6-18-48(34-44)55-22-8-20-53(59-55)40-24-28-57-29-25-40)38-52(37-50)47-17-5-13-43(33-47)45-15-7-19-49(35-45)56-23-9-21-54(60-56)41-26-30-58-31-27-41/h1-38H. The van der Waals surface area contributed by atoms with Crippen molar-refractivity contribution in [2.24, 2.45) is 0 Å². The molecule has 0 fully saturated rings. The van der Waals surface area contributed by atoms with E-state index in [1.165, 1.54) is 11.1 Å². The molecule has 0 spiro atoms. The normalized spacial score (nSPS) is 11.0. The molecule has 6 aromatic carbocycles. The second kappa shape index (κ2) is 16.4. The zero-order valence-corrected chi connectivity index (χ0v) is 32.7. The van der Waals surface area contributed by atoms with Gasteiger partial charge in [0.15, 0.2) is 0 Å². The summed E-state index contributed by atoms with van der Waals surface area (Å²) in [6, 6.07) is 72.9. The molecule has 0 aliphatic carbocycles. The van der Waals surface area contributed by atoms with Crippen molar-refractivity contribution in [1.29, 1.82) is 0 Å². The molecule has 10 aromatic rings. The van der Waals surface area contributed by atoms with E-state index in [1.54, 1.807) is 24.8 Å². The van der Waals surface area contributed by atoms with Crippen LogP contribution < -0.4 is 0 Å². The van der Waals surface area contributed by atoms with Crippen LogP contribution in [-0.4, -0.2) is 19.9 Å². The zero-order valence-electron chi connectivity index (χ0n) is 32.7. The van der Waals surface area contributed by atoms with Gasteiger partial charge in [-0.05, 0) is 147 Å². The monoisotopic (exact) mass is 766 g/mol. The lowest BCUT2D eigenvalue weighted by atomic mass is 9.91. The Morgan fingerprint density at radius 2 is 0.450 bits per heavy atom. The van der Waals surface area contributed by atoms with Crippen molar-refractivity contribution in [2.45, 2.75) is 0 Å². The number of hydrogen-bond acceptors (Lipinski definition) is 4. The quantitative estimate of drug-likeness (QED) is 0.147. The molecule has 0 amide bonds. The van der Waals surface area contributed by atoms with Gasteiger partial charge in [-0.15, -0.1) is 0 Å². The van der Waals surface area contributed by atoms with Crippen LogP contribution in [0.2, 0.25) is 0 Å². The summed E-state index contributed by atoms with van der Waals surface area (Å²) < 4.78 is 0. The number of aromatic nitrogens is 4. The molecule has 0 N–H and O–H groups in total. The fourth-order valence-electron chi connectivity index (χ4n) is 7.79. The van der Waals surface area contributed by atoms with Gasteiger partial charge in [0.25, 0.3) is 0 Å². The molecule has 0 radical (unpaired) electrons. The molecule has 0 aliphatic rings. The maximum Gasteiger partial charge on any atom is 0.0710 e. The molecule has 0 atom stereocenters. The van der Waals surface area contributed by atoms with Crippen LogP contribution in [0.5, 0.6) is 0 Å². The third-order valence-corrected chi connectivity index (χ3v) is 10.9. The van der Waals surface area contributed by atoms with E-state index in [0.29, 0.717) is 0 Å². The van der Waals surface area contributed by atoms with Gasteiger partial charge in [0.1, 0.15) is 0 Å². The Hall–Kier alpha value is -8.08. The van der Waals surface area contributed by atoms with Crippen molar-refractivity contribution < 1.29 is 0 Å². The molecule has 4 heteroatoms. The van der Waals surface area contributed by atoms with Crippen molar-refractivity contribution in [3.8, 4) is 101 Å². The first-order valence-corrected chi connectivity index (χ1v) is 20.1. The molecule has 4 aromatic heterocycles. The van der Waals surface area contributed by atoms with Gasteiger partial charge in [-0.2, -0.15) is 0 Å². The van der Waals surface area contributed by atoms with E-state index < -0.39 is 0 Å². The van der Waals surface area contributed by atoms with Crippen molar-refractivity contribution >= 4 is 0 Å². The van der Waals surface area contributed by atoms with E-state index in [1.807, 2.05) is 36.4 Å². The molecule has 0 saturated carbocycles. The van der Waals surface area contributed by atoms with Crippen molar-refractivity contribution in [3.63, 3.8) is 0 Å². The average Bonchev–Trinajstić information content (AvgIpc) is 3.35. The summed E-state index contributed by atoms with van der Waals surface area (Å²) in [4.78, 5) is 18.4. The second-order valence-electron chi connectivity index (χ2n) is 14.8. The van der Waals surface area contributed by atoms with Crippen molar-refractivity contribution in [3.05, 3.63) is 231 Å². The lowest BCUT2D eigenvalue weighted by Gasteiger charge is -2.14. The predicted octanol–water partition coefficient (Wildman–Crippen LogP) is 14.3. The van der Waals surface area contributed by atoms with Crippen LogP contribution in [0.1, 0.15) is 0 Å². The molecule has 0 aliphatic heterocycles. The van der Waals surface area contributed by atoms with E-state index in [4.69, 9.17) is 9.97 Å². The van der Waals surface area contributed by atoms with Crippen LogP contribution in [0.15, 0.2) is 231 Å². The topological polar surface area (TPSA) is 51.6 Å². The molecule has 0 saturated heterocycles. The highest BCUT2D eigenvalue weighted by Crippen LogP contribution is 2.37. The third-order valence-electron chi connectivity index (χ3n) is 10.9. The largest absolute Gasteiger partial charge is 0.265 e. The predicted molar refractivity (Wildman–Crippen MR) is 247 cm³/mol. The van der Waals surface area contributed by atoms with Crippen LogP contribution in [0, 0.1) is 0 Å². The molecular weight excluding hydrogens is 729 g/mol. The number of pyridine rings is 4.